The molecule has 2 amide bonds. The lowest BCUT2D eigenvalue weighted by atomic mass is 10.0. The second kappa shape index (κ2) is 12.2. The fourth-order valence-electron chi connectivity index (χ4n) is 4.97. The Morgan fingerprint density at radius 1 is 0.925 bits per heavy atom. The van der Waals surface area contributed by atoms with Gasteiger partial charge in [0.05, 0.1) is 4.90 Å². The molecule has 0 unspecified atom stereocenters. The zero-order valence-corrected chi connectivity index (χ0v) is 23.4. The molecule has 206 valence electrons. The normalized spacial score (nSPS) is 15.9. The van der Waals surface area contributed by atoms with E-state index in [1.165, 1.54) is 28.6 Å². The van der Waals surface area contributed by atoms with Crippen molar-refractivity contribution in [2.45, 2.75) is 43.3 Å². The average molecular weight is 576 g/mol. The van der Waals surface area contributed by atoms with E-state index in [1.54, 1.807) is 24.3 Å². The van der Waals surface area contributed by atoms with Crippen LogP contribution in [0.15, 0.2) is 95.9 Å². The Balaban J connectivity index is 1.34. The number of sulfonamides is 1. The van der Waals surface area contributed by atoms with Gasteiger partial charge in [-0.25, -0.2) is 8.42 Å². The highest BCUT2D eigenvalue weighted by atomic mass is 35.5. The van der Waals surface area contributed by atoms with Crippen molar-refractivity contribution in [2.75, 3.05) is 6.54 Å². The van der Waals surface area contributed by atoms with E-state index in [0.717, 1.165) is 29.2 Å². The first-order chi connectivity index (χ1) is 19.3. The van der Waals surface area contributed by atoms with E-state index in [-0.39, 0.29) is 23.3 Å². The summed E-state index contributed by atoms with van der Waals surface area (Å²) >= 11 is 5.98. The highest BCUT2D eigenvalue weighted by molar-refractivity contribution is 7.89. The predicted octanol–water partition coefficient (Wildman–Crippen LogP) is 5.28. The van der Waals surface area contributed by atoms with E-state index >= 15 is 0 Å². The molecule has 1 fully saturated rings. The molecule has 1 heterocycles. The van der Waals surface area contributed by atoms with E-state index in [9.17, 15) is 18.0 Å². The SMILES string of the molecule is O=C(NCc1cccc2ccccc12)c1ccc(CN([C@@H]2CCCCNC2=O)S(=O)(=O)c2ccc(Cl)cc2)cc1. The number of nitrogens with one attached hydrogen (secondary N) is 2. The maximum Gasteiger partial charge on any atom is 0.251 e. The number of halogens is 1. The first kappa shape index (κ1) is 27.8. The number of nitrogens with zero attached hydrogens (tertiary/aromatic N) is 1. The molecule has 4 aromatic rings. The minimum absolute atomic E-state index is 0.0129. The quantitative estimate of drug-likeness (QED) is 0.299. The van der Waals surface area contributed by atoms with Gasteiger partial charge in [-0.2, -0.15) is 4.31 Å². The zero-order valence-electron chi connectivity index (χ0n) is 21.8. The van der Waals surface area contributed by atoms with E-state index < -0.39 is 16.1 Å². The summed E-state index contributed by atoms with van der Waals surface area (Å²) < 4.78 is 28.7. The number of carbonyl (C=O) groups excluding carboxylic acids is 2. The molecule has 1 atom stereocenters. The fraction of sp³-hybridized carbons (Fsp3) is 0.226. The summed E-state index contributed by atoms with van der Waals surface area (Å²) in [6.07, 6.45) is 1.94. The van der Waals surface area contributed by atoms with Crippen LogP contribution >= 0.6 is 11.6 Å². The van der Waals surface area contributed by atoms with Crippen LogP contribution in [-0.2, 0) is 27.9 Å². The van der Waals surface area contributed by atoms with Gasteiger partial charge in [0, 0.05) is 30.2 Å². The van der Waals surface area contributed by atoms with Crippen molar-refractivity contribution in [3.05, 3.63) is 113 Å². The first-order valence-electron chi connectivity index (χ1n) is 13.2. The van der Waals surface area contributed by atoms with Gasteiger partial charge in [-0.3, -0.25) is 9.59 Å². The smallest absolute Gasteiger partial charge is 0.251 e. The molecule has 0 aliphatic carbocycles. The van der Waals surface area contributed by atoms with E-state index in [2.05, 4.69) is 10.6 Å². The Kier molecular flexibility index (Phi) is 8.49. The summed E-state index contributed by atoms with van der Waals surface area (Å²) in [5.41, 5.74) is 2.15. The van der Waals surface area contributed by atoms with Crippen molar-refractivity contribution in [2.24, 2.45) is 0 Å². The molecule has 1 saturated heterocycles. The van der Waals surface area contributed by atoms with Gasteiger partial charge in [-0.15, -0.1) is 0 Å². The molecule has 9 heteroatoms. The molecule has 1 aliphatic rings. The van der Waals surface area contributed by atoms with Crippen molar-refractivity contribution in [3.63, 3.8) is 0 Å². The Morgan fingerprint density at radius 3 is 2.42 bits per heavy atom. The second-order valence-corrected chi connectivity index (χ2v) is 12.2. The Bertz CT molecular complexity index is 1620. The third-order valence-electron chi connectivity index (χ3n) is 7.15. The zero-order chi connectivity index (χ0) is 28.1. The molecular formula is C31H30ClN3O4S. The van der Waals surface area contributed by atoms with Crippen LogP contribution in [0.4, 0.5) is 0 Å². The second-order valence-electron chi connectivity index (χ2n) is 9.82. The summed E-state index contributed by atoms with van der Waals surface area (Å²) in [5, 5.41) is 8.43. The molecule has 0 bridgehead atoms. The van der Waals surface area contributed by atoms with Gasteiger partial charge in [0.25, 0.3) is 5.91 Å². The standard InChI is InChI=1S/C31H30ClN3O4S/c32-26-15-17-27(18-16-26)40(38,39)35(29-10-3-4-19-33-31(29)37)21-22-11-13-24(14-12-22)30(36)34-20-25-8-5-7-23-6-1-2-9-28(23)25/h1-2,5-9,11-18,29H,3-4,10,19-21H2,(H,33,37)(H,34,36)/t29-/m1/s1. The number of benzene rings is 4. The maximum atomic E-state index is 13.7. The lowest BCUT2D eigenvalue weighted by Gasteiger charge is -2.29. The van der Waals surface area contributed by atoms with Crippen LogP contribution in [-0.4, -0.2) is 37.1 Å². The summed E-state index contributed by atoms with van der Waals surface area (Å²) in [6.45, 7) is 0.888. The Labute approximate surface area is 239 Å². The lowest BCUT2D eigenvalue weighted by Crippen LogP contribution is -2.48. The molecule has 0 radical (unpaired) electrons. The third kappa shape index (κ3) is 6.20. The van der Waals surface area contributed by atoms with Crippen LogP contribution in [0.1, 0.15) is 40.7 Å². The summed E-state index contributed by atoms with van der Waals surface area (Å²) in [6, 6.07) is 25.9. The molecule has 7 nitrogen and oxygen atoms in total. The number of hydrogen-bond donors (Lipinski definition) is 2. The summed E-state index contributed by atoms with van der Waals surface area (Å²) in [4.78, 5) is 25.9. The molecule has 40 heavy (non-hydrogen) atoms. The highest BCUT2D eigenvalue weighted by Gasteiger charge is 2.36. The average Bonchev–Trinajstić information content (AvgIpc) is 3.19. The van der Waals surface area contributed by atoms with Gasteiger partial charge in [0.2, 0.25) is 15.9 Å². The van der Waals surface area contributed by atoms with Crippen LogP contribution in [0.5, 0.6) is 0 Å². The van der Waals surface area contributed by atoms with Crippen molar-refractivity contribution < 1.29 is 18.0 Å². The first-order valence-corrected chi connectivity index (χ1v) is 15.0. The van der Waals surface area contributed by atoms with Gasteiger partial charge in [0.15, 0.2) is 0 Å². The lowest BCUT2D eigenvalue weighted by molar-refractivity contribution is -0.124. The van der Waals surface area contributed by atoms with Gasteiger partial charge in [-0.05, 0) is 77.6 Å². The molecule has 4 aromatic carbocycles. The molecule has 0 aromatic heterocycles. The van der Waals surface area contributed by atoms with E-state index in [0.29, 0.717) is 35.7 Å². The maximum absolute atomic E-state index is 13.7. The largest absolute Gasteiger partial charge is 0.355 e. The monoisotopic (exact) mass is 575 g/mol. The molecule has 1 aliphatic heterocycles. The van der Waals surface area contributed by atoms with Gasteiger partial charge >= 0.3 is 0 Å². The minimum atomic E-state index is -4.01. The van der Waals surface area contributed by atoms with Crippen LogP contribution in [0.3, 0.4) is 0 Å². The third-order valence-corrected chi connectivity index (χ3v) is 9.27. The molecule has 2 N–H and O–H groups in total. The van der Waals surface area contributed by atoms with Crippen LogP contribution < -0.4 is 10.6 Å². The number of fused-ring (bicyclic) bond motifs is 1. The van der Waals surface area contributed by atoms with Gasteiger partial charge in [0.1, 0.15) is 6.04 Å². The van der Waals surface area contributed by atoms with Crippen molar-refractivity contribution in [3.8, 4) is 0 Å². The van der Waals surface area contributed by atoms with Crippen molar-refractivity contribution in [1.82, 2.24) is 14.9 Å². The summed E-state index contributed by atoms with van der Waals surface area (Å²) in [5.74, 6) is -0.534. The fourth-order valence-corrected chi connectivity index (χ4v) is 6.70. The molecule has 0 saturated carbocycles. The minimum Gasteiger partial charge on any atom is -0.355 e. The van der Waals surface area contributed by atoms with Crippen LogP contribution in [0, 0.1) is 0 Å². The van der Waals surface area contributed by atoms with E-state index in [4.69, 9.17) is 11.6 Å². The van der Waals surface area contributed by atoms with Crippen molar-refractivity contribution in [1.29, 1.82) is 0 Å². The van der Waals surface area contributed by atoms with Gasteiger partial charge in [-0.1, -0.05) is 66.2 Å². The van der Waals surface area contributed by atoms with Crippen molar-refractivity contribution >= 4 is 44.2 Å². The highest BCUT2D eigenvalue weighted by Crippen LogP contribution is 2.26. The van der Waals surface area contributed by atoms with Gasteiger partial charge < -0.3 is 10.6 Å². The number of amides is 2. The number of hydrogen-bond acceptors (Lipinski definition) is 4. The van der Waals surface area contributed by atoms with E-state index in [1.807, 2.05) is 42.5 Å². The number of carbonyl (C=O) groups is 2. The topological polar surface area (TPSA) is 95.6 Å². The number of rotatable bonds is 8. The van der Waals surface area contributed by atoms with Crippen LogP contribution in [0.25, 0.3) is 10.8 Å². The molecule has 5 rings (SSSR count). The summed E-state index contributed by atoms with van der Waals surface area (Å²) in [7, 11) is -4.01. The Morgan fingerprint density at radius 2 is 1.65 bits per heavy atom. The predicted molar refractivity (Wildman–Crippen MR) is 156 cm³/mol. The Hall–Kier alpha value is -3.72. The molecular weight excluding hydrogens is 546 g/mol. The van der Waals surface area contributed by atoms with Crippen LogP contribution in [0.2, 0.25) is 5.02 Å². The molecule has 0 spiro atoms.